The largest absolute Gasteiger partial charge is 0.353 e. The molecule has 0 aromatic carbocycles. The summed E-state index contributed by atoms with van der Waals surface area (Å²) in [5, 5.41) is 4.82. The van der Waals surface area contributed by atoms with Gasteiger partial charge in [0.25, 0.3) is 10.0 Å². The number of carbonyl (C=O) groups excluding carboxylic acids is 1. The van der Waals surface area contributed by atoms with Crippen LogP contribution < -0.4 is 5.32 Å². The molecule has 5 nitrogen and oxygen atoms in total. The van der Waals surface area contributed by atoms with Gasteiger partial charge >= 0.3 is 0 Å². The summed E-state index contributed by atoms with van der Waals surface area (Å²) in [7, 11) is -3.37. The van der Waals surface area contributed by atoms with Crippen LogP contribution in [0.4, 0.5) is 0 Å². The molecule has 1 amide bonds. The first kappa shape index (κ1) is 13.7. The molecule has 0 radical (unpaired) electrons. The first-order chi connectivity index (χ1) is 10.0. The fraction of sp³-hybridized carbons (Fsp3) is 0.643. The van der Waals surface area contributed by atoms with Crippen molar-refractivity contribution >= 4 is 27.3 Å². The van der Waals surface area contributed by atoms with Gasteiger partial charge < -0.3 is 5.32 Å². The number of carbonyl (C=O) groups is 1. The molecule has 1 saturated heterocycles. The molecule has 114 valence electrons. The predicted octanol–water partition coefficient (Wildman–Crippen LogP) is 1.43. The smallest absolute Gasteiger partial charge is 0.252 e. The van der Waals surface area contributed by atoms with Gasteiger partial charge in [0.05, 0.1) is 0 Å². The van der Waals surface area contributed by atoms with Crippen molar-refractivity contribution in [3.8, 4) is 0 Å². The topological polar surface area (TPSA) is 66.5 Å². The van der Waals surface area contributed by atoms with Crippen LogP contribution in [-0.4, -0.2) is 37.8 Å². The summed E-state index contributed by atoms with van der Waals surface area (Å²) < 4.78 is 27.0. The maximum absolute atomic E-state index is 12.5. The number of nitrogens with zero attached hydrogens (tertiary/aromatic N) is 1. The van der Waals surface area contributed by atoms with Gasteiger partial charge in [-0.1, -0.05) is 6.07 Å². The maximum Gasteiger partial charge on any atom is 0.252 e. The van der Waals surface area contributed by atoms with Crippen molar-refractivity contribution in [2.24, 2.45) is 11.3 Å². The number of hydrogen-bond acceptors (Lipinski definition) is 4. The molecule has 7 heteroatoms. The van der Waals surface area contributed by atoms with Crippen molar-refractivity contribution < 1.29 is 13.2 Å². The summed E-state index contributed by atoms with van der Waals surface area (Å²) in [5.74, 6) is 0.148. The van der Waals surface area contributed by atoms with Crippen LogP contribution in [0.15, 0.2) is 21.7 Å². The van der Waals surface area contributed by atoms with Gasteiger partial charge in [0, 0.05) is 25.0 Å². The predicted molar refractivity (Wildman–Crippen MR) is 79.4 cm³/mol. The van der Waals surface area contributed by atoms with Crippen molar-refractivity contribution in [3.05, 3.63) is 17.5 Å². The molecule has 1 aromatic rings. The molecule has 1 spiro atoms. The molecule has 21 heavy (non-hydrogen) atoms. The van der Waals surface area contributed by atoms with Crippen LogP contribution in [0.2, 0.25) is 0 Å². The van der Waals surface area contributed by atoms with E-state index in [4.69, 9.17) is 0 Å². The Morgan fingerprint density at radius 2 is 2.24 bits per heavy atom. The van der Waals surface area contributed by atoms with Crippen LogP contribution in [0.5, 0.6) is 0 Å². The lowest BCUT2D eigenvalue weighted by atomic mass is 10.0. The van der Waals surface area contributed by atoms with Gasteiger partial charge in [0.1, 0.15) is 4.21 Å². The number of hydrogen-bond donors (Lipinski definition) is 1. The van der Waals surface area contributed by atoms with E-state index in [2.05, 4.69) is 5.32 Å². The molecule has 1 aliphatic heterocycles. The molecule has 2 atom stereocenters. The summed E-state index contributed by atoms with van der Waals surface area (Å²) >= 11 is 1.25. The minimum Gasteiger partial charge on any atom is -0.353 e. The average Bonchev–Trinajstić information content (AvgIpc) is 3.22. The summed E-state index contributed by atoms with van der Waals surface area (Å²) in [5.41, 5.74) is -0.0939. The van der Waals surface area contributed by atoms with E-state index in [0.29, 0.717) is 23.3 Å². The zero-order valence-electron chi connectivity index (χ0n) is 11.6. The third kappa shape index (κ3) is 2.31. The Hall–Kier alpha value is -0.920. The molecule has 2 heterocycles. The molecular weight excluding hydrogens is 308 g/mol. The van der Waals surface area contributed by atoms with E-state index < -0.39 is 10.0 Å². The maximum atomic E-state index is 12.5. The van der Waals surface area contributed by atoms with E-state index >= 15 is 0 Å². The third-order valence-corrected chi connectivity index (χ3v) is 8.09. The zero-order valence-corrected chi connectivity index (χ0v) is 13.3. The van der Waals surface area contributed by atoms with Crippen molar-refractivity contribution in [3.63, 3.8) is 0 Å². The number of rotatable bonds is 4. The summed E-state index contributed by atoms with van der Waals surface area (Å²) in [4.78, 5) is 12.1. The second kappa shape index (κ2) is 4.54. The first-order valence-corrected chi connectivity index (χ1v) is 9.67. The van der Waals surface area contributed by atoms with E-state index in [0.717, 1.165) is 25.7 Å². The number of nitrogens with one attached hydrogen (secondary N) is 1. The van der Waals surface area contributed by atoms with Crippen LogP contribution >= 0.6 is 11.3 Å². The second-order valence-electron chi connectivity index (χ2n) is 6.42. The van der Waals surface area contributed by atoms with Gasteiger partial charge in [0.2, 0.25) is 5.91 Å². The number of thiophene rings is 1. The van der Waals surface area contributed by atoms with Gasteiger partial charge in [-0.25, -0.2) is 8.42 Å². The van der Waals surface area contributed by atoms with Gasteiger partial charge in [-0.15, -0.1) is 11.3 Å². The van der Waals surface area contributed by atoms with E-state index in [9.17, 15) is 13.2 Å². The van der Waals surface area contributed by atoms with E-state index in [1.54, 1.807) is 21.8 Å². The van der Waals surface area contributed by atoms with Crippen LogP contribution in [0.25, 0.3) is 0 Å². The zero-order chi connectivity index (χ0) is 14.7. The molecule has 4 rings (SSSR count). The fourth-order valence-corrected chi connectivity index (χ4v) is 5.98. The summed E-state index contributed by atoms with van der Waals surface area (Å²) in [6.45, 7) is 1.03. The van der Waals surface area contributed by atoms with Crippen molar-refractivity contribution in [2.75, 3.05) is 13.1 Å². The van der Waals surface area contributed by atoms with Crippen molar-refractivity contribution in [1.29, 1.82) is 0 Å². The highest BCUT2D eigenvalue weighted by atomic mass is 32.2. The Labute approximate surface area is 128 Å². The summed E-state index contributed by atoms with van der Waals surface area (Å²) in [6.07, 6.45) is 3.82. The molecule has 0 unspecified atom stereocenters. The summed E-state index contributed by atoms with van der Waals surface area (Å²) in [6, 6.07) is 3.78. The van der Waals surface area contributed by atoms with E-state index in [-0.39, 0.29) is 17.2 Å². The van der Waals surface area contributed by atoms with Gasteiger partial charge in [-0.3, -0.25) is 4.79 Å². The normalized spacial score (nSPS) is 32.5. The van der Waals surface area contributed by atoms with Crippen molar-refractivity contribution in [1.82, 2.24) is 9.62 Å². The molecular formula is C14H18N2O3S2. The lowest BCUT2D eigenvalue weighted by molar-refractivity contribution is -0.123. The monoisotopic (exact) mass is 326 g/mol. The third-order valence-electron chi connectivity index (χ3n) is 4.87. The van der Waals surface area contributed by atoms with Gasteiger partial charge in [0.15, 0.2) is 0 Å². The number of amides is 1. The highest BCUT2D eigenvalue weighted by Crippen LogP contribution is 2.59. The van der Waals surface area contributed by atoms with Gasteiger partial charge in [-0.2, -0.15) is 4.31 Å². The highest BCUT2D eigenvalue weighted by Gasteiger charge is 2.62. The highest BCUT2D eigenvalue weighted by molar-refractivity contribution is 7.91. The molecule has 1 N–H and O–H groups in total. The molecule has 3 aliphatic rings. The van der Waals surface area contributed by atoms with E-state index in [1.165, 1.54) is 11.3 Å². The lowest BCUT2D eigenvalue weighted by Gasteiger charge is -2.15. The quantitative estimate of drug-likeness (QED) is 0.910. The molecule has 0 bridgehead atoms. The Morgan fingerprint density at radius 1 is 1.43 bits per heavy atom. The van der Waals surface area contributed by atoms with Crippen molar-refractivity contribution in [2.45, 2.75) is 35.9 Å². The van der Waals surface area contributed by atoms with Crippen LogP contribution in [-0.2, 0) is 14.8 Å². The van der Waals surface area contributed by atoms with Crippen LogP contribution in [0.1, 0.15) is 25.7 Å². The molecule has 3 fully saturated rings. The number of sulfonamides is 1. The Morgan fingerprint density at radius 3 is 2.90 bits per heavy atom. The Balaban J connectivity index is 1.45. The average molecular weight is 326 g/mol. The standard InChI is InChI=1S/C14H18N2O3S2/c17-13(15-10-3-4-10)11-8-14(11)5-6-16(9-14)21(18,19)12-2-1-7-20-12/h1-2,7,10-11H,3-6,8-9H2,(H,15,17)/t11-,14-/m0/s1. The molecule has 1 aromatic heterocycles. The second-order valence-corrected chi connectivity index (χ2v) is 9.54. The first-order valence-electron chi connectivity index (χ1n) is 7.35. The Kier molecular flexibility index (Phi) is 2.96. The molecule has 2 saturated carbocycles. The fourth-order valence-electron chi connectivity index (χ4n) is 3.30. The van der Waals surface area contributed by atoms with Gasteiger partial charge in [-0.05, 0) is 42.5 Å². The lowest BCUT2D eigenvalue weighted by Crippen LogP contribution is -2.31. The molecule has 2 aliphatic carbocycles. The SMILES string of the molecule is O=C(NC1CC1)[C@@H]1C[C@]12CCN(S(=O)(=O)c1cccs1)C2. The Bertz CT molecular complexity index is 666. The van der Waals surface area contributed by atoms with Crippen LogP contribution in [0, 0.1) is 11.3 Å². The van der Waals surface area contributed by atoms with Crippen LogP contribution in [0.3, 0.4) is 0 Å². The minimum atomic E-state index is -3.37. The van der Waals surface area contributed by atoms with E-state index in [1.807, 2.05) is 0 Å². The minimum absolute atomic E-state index is 0.0154.